The summed E-state index contributed by atoms with van der Waals surface area (Å²) < 4.78 is 6.34. The number of hydrogen-bond donors (Lipinski definition) is 1. The number of rotatable bonds is 5. The van der Waals surface area contributed by atoms with E-state index in [4.69, 9.17) is 27.9 Å². The van der Waals surface area contributed by atoms with Crippen molar-refractivity contribution in [3.63, 3.8) is 0 Å². The maximum absolute atomic E-state index is 13.4. The van der Waals surface area contributed by atoms with Crippen molar-refractivity contribution in [2.24, 2.45) is 0 Å². The first-order chi connectivity index (χ1) is 17.3. The second-order valence-corrected chi connectivity index (χ2v) is 9.89. The molecule has 182 valence electrons. The molecular weight excluding hydrogens is 521 g/mol. The van der Waals surface area contributed by atoms with E-state index in [2.05, 4.69) is 9.97 Å². The molecule has 1 N–H and O–H groups in total. The Balaban J connectivity index is 1.73. The van der Waals surface area contributed by atoms with Gasteiger partial charge in [-0.2, -0.15) is 0 Å². The van der Waals surface area contributed by atoms with Crippen molar-refractivity contribution in [3.8, 4) is 5.75 Å². The minimum Gasteiger partial charge on any atom is -0.507 e. The average Bonchev–Trinajstić information content (AvgIpc) is 3.38. The molecule has 0 saturated carbocycles. The Morgan fingerprint density at radius 3 is 2.67 bits per heavy atom. The summed E-state index contributed by atoms with van der Waals surface area (Å²) in [5.74, 6) is -1.65. The number of benzene rings is 2. The molecule has 0 aliphatic carbocycles. The fraction of sp³-hybridized carbons (Fsp3) is 0.154. The van der Waals surface area contributed by atoms with Gasteiger partial charge in [-0.3, -0.25) is 19.5 Å². The van der Waals surface area contributed by atoms with Crippen LogP contribution in [0, 0.1) is 6.92 Å². The highest BCUT2D eigenvalue weighted by molar-refractivity contribution is 7.22. The van der Waals surface area contributed by atoms with Crippen LogP contribution in [0.5, 0.6) is 5.75 Å². The number of carbonyl (C=O) groups is 2. The normalized spacial score (nSPS) is 17.2. The van der Waals surface area contributed by atoms with E-state index in [-0.39, 0.29) is 21.3 Å². The fourth-order valence-corrected chi connectivity index (χ4v) is 5.51. The lowest BCUT2D eigenvalue weighted by molar-refractivity contribution is -0.132. The standard InChI is InChI=1S/C26H19Cl2N3O4S/c1-3-35-14-7-8-16(27)15(11-14)23(32)21-22(18-6-4-5-9-29-18)31(25(34)24(21)33)26-30-19-12-17(28)13(2)10-20(19)36-26/h4-12,22,32H,3H2,1-2H3/b23-21+. The molecule has 7 nitrogen and oxygen atoms in total. The van der Waals surface area contributed by atoms with Gasteiger partial charge in [0.2, 0.25) is 0 Å². The molecule has 1 atom stereocenters. The number of pyridine rings is 1. The second kappa shape index (κ2) is 9.54. The summed E-state index contributed by atoms with van der Waals surface area (Å²) in [6, 6.07) is 12.5. The number of nitrogens with zero attached hydrogens (tertiary/aromatic N) is 3. The van der Waals surface area contributed by atoms with E-state index in [9.17, 15) is 14.7 Å². The minimum absolute atomic E-state index is 0.136. The van der Waals surface area contributed by atoms with Crippen LogP contribution >= 0.6 is 34.5 Å². The highest BCUT2D eigenvalue weighted by atomic mass is 35.5. The third-order valence-electron chi connectivity index (χ3n) is 5.78. The van der Waals surface area contributed by atoms with Crippen molar-refractivity contribution in [2.75, 3.05) is 11.5 Å². The molecule has 4 aromatic rings. The molecule has 1 aliphatic rings. The Bertz CT molecular complexity index is 1510. The molecule has 10 heteroatoms. The van der Waals surface area contributed by atoms with Gasteiger partial charge in [0.1, 0.15) is 17.6 Å². The van der Waals surface area contributed by atoms with Crippen LogP contribution in [0.15, 0.2) is 60.3 Å². The molecule has 1 fully saturated rings. The number of fused-ring (bicyclic) bond motifs is 1. The summed E-state index contributed by atoms with van der Waals surface area (Å²) in [5.41, 5.74) is 1.89. The third kappa shape index (κ3) is 4.11. The Morgan fingerprint density at radius 1 is 1.14 bits per heavy atom. The molecule has 2 aromatic carbocycles. The smallest absolute Gasteiger partial charge is 0.301 e. The zero-order valence-electron chi connectivity index (χ0n) is 19.2. The zero-order valence-corrected chi connectivity index (χ0v) is 21.5. The molecule has 36 heavy (non-hydrogen) atoms. The molecule has 0 radical (unpaired) electrons. The number of hydrogen-bond acceptors (Lipinski definition) is 7. The zero-order chi connectivity index (χ0) is 25.6. The van der Waals surface area contributed by atoms with Gasteiger partial charge in [-0.05, 0) is 61.9 Å². The first-order valence-corrected chi connectivity index (χ1v) is 12.6. The van der Waals surface area contributed by atoms with Crippen LogP contribution in [0.3, 0.4) is 0 Å². The summed E-state index contributed by atoms with van der Waals surface area (Å²) in [5, 5.41) is 12.4. The molecule has 1 saturated heterocycles. The Labute approximate surface area is 220 Å². The van der Waals surface area contributed by atoms with Crippen molar-refractivity contribution in [1.29, 1.82) is 0 Å². The molecular formula is C26H19Cl2N3O4S. The highest BCUT2D eigenvalue weighted by Crippen LogP contribution is 2.45. The first kappa shape index (κ1) is 24.2. The molecule has 3 heterocycles. The maximum atomic E-state index is 13.4. The van der Waals surface area contributed by atoms with Gasteiger partial charge < -0.3 is 9.84 Å². The van der Waals surface area contributed by atoms with Crippen LogP contribution in [-0.2, 0) is 9.59 Å². The number of thiazole rings is 1. The second-order valence-electron chi connectivity index (χ2n) is 8.06. The van der Waals surface area contributed by atoms with E-state index in [1.54, 1.807) is 42.6 Å². The summed E-state index contributed by atoms with van der Waals surface area (Å²) in [4.78, 5) is 37.0. The van der Waals surface area contributed by atoms with Crippen LogP contribution in [0.25, 0.3) is 16.0 Å². The predicted octanol–water partition coefficient (Wildman–Crippen LogP) is 6.33. The number of aliphatic hydroxyl groups is 1. The van der Waals surface area contributed by atoms with Gasteiger partial charge in [-0.15, -0.1) is 0 Å². The number of carbonyl (C=O) groups excluding carboxylic acids is 2. The number of halogens is 2. The monoisotopic (exact) mass is 539 g/mol. The van der Waals surface area contributed by atoms with E-state index in [0.29, 0.717) is 28.6 Å². The van der Waals surface area contributed by atoms with Crippen LogP contribution in [0.2, 0.25) is 10.0 Å². The lowest BCUT2D eigenvalue weighted by Crippen LogP contribution is -2.29. The van der Waals surface area contributed by atoms with Crippen LogP contribution in [-0.4, -0.2) is 33.4 Å². The summed E-state index contributed by atoms with van der Waals surface area (Å²) in [6.07, 6.45) is 1.56. The van der Waals surface area contributed by atoms with Crippen molar-refractivity contribution in [2.45, 2.75) is 19.9 Å². The van der Waals surface area contributed by atoms with Gasteiger partial charge in [-0.1, -0.05) is 40.6 Å². The van der Waals surface area contributed by atoms with Gasteiger partial charge in [-0.25, -0.2) is 4.98 Å². The number of anilines is 1. The SMILES string of the molecule is CCOc1ccc(Cl)c(/C(O)=C2\C(=O)C(=O)N(c3nc4cc(Cl)c(C)cc4s3)C2c2ccccn2)c1. The van der Waals surface area contributed by atoms with Crippen molar-refractivity contribution in [1.82, 2.24) is 9.97 Å². The van der Waals surface area contributed by atoms with Crippen molar-refractivity contribution < 1.29 is 19.4 Å². The largest absolute Gasteiger partial charge is 0.507 e. The van der Waals surface area contributed by atoms with Gasteiger partial charge in [0.05, 0.1) is 33.1 Å². The molecule has 0 bridgehead atoms. The number of ether oxygens (including phenoxy) is 1. The molecule has 5 rings (SSSR count). The third-order valence-corrected chi connectivity index (χ3v) is 7.53. The van der Waals surface area contributed by atoms with Gasteiger partial charge in [0, 0.05) is 16.8 Å². The van der Waals surface area contributed by atoms with E-state index in [1.165, 1.54) is 22.3 Å². The molecule has 0 spiro atoms. The van der Waals surface area contributed by atoms with E-state index in [1.807, 2.05) is 19.9 Å². The van der Waals surface area contributed by atoms with Gasteiger partial charge >= 0.3 is 5.91 Å². The van der Waals surface area contributed by atoms with Crippen molar-refractivity contribution in [3.05, 3.63) is 87.2 Å². The maximum Gasteiger partial charge on any atom is 0.301 e. The Hall–Kier alpha value is -3.46. The number of aromatic nitrogens is 2. The molecule has 1 aliphatic heterocycles. The van der Waals surface area contributed by atoms with E-state index in [0.717, 1.165) is 10.3 Å². The number of aryl methyl sites for hydroxylation is 1. The quantitative estimate of drug-likeness (QED) is 0.181. The Kier molecular flexibility index (Phi) is 6.42. The summed E-state index contributed by atoms with van der Waals surface area (Å²) in [6.45, 7) is 4.11. The predicted molar refractivity (Wildman–Crippen MR) is 141 cm³/mol. The number of ketones is 1. The van der Waals surface area contributed by atoms with Crippen molar-refractivity contribution >= 4 is 67.3 Å². The van der Waals surface area contributed by atoms with Crippen LogP contribution in [0.4, 0.5) is 5.13 Å². The lowest BCUT2D eigenvalue weighted by Gasteiger charge is -2.22. The summed E-state index contributed by atoms with van der Waals surface area (Å²) in [7, 11) is 0. The van der Waals surface area contributed by atoms with E-state index >= 15 is 0 Å². The van der Waals surface area contributed by atoms with Gasteiger partial charge in [0.15, 0.2) is 5.13 Å². The Morgan fingerprint density at radius 2 is 1.94 bits per heavy atom. The van der Waals surface area contributed by atoms with Crippen LogP contribution < -0.4 is 9.64 Å². The first-order valence-electron chi connectivity index (χ1n) is 11.0. The molecule has 1 amide bonds. The average molecular weight is 540 g/mol. The van der Waals surface area contributed by atoms with Gasteiger partial charge in [0.25, 0.3) is 5.78 Å². The van der Waals surface area contributed by atoms with Crippen LogP contribution in [0.1, 0.15) is 29.8 Å². The number of aliphatic hydroxyl groups excluding tert-OH is 1. The molecule has 2 aromatic heterocycles. The summed E-state index contributed by atoms with van der Waals surface area (Å²) >= 11 is 13.9. The minimum atomic E-state index is -1.02. The number of Topliss-reactive ketones (excluding diaryl/α,β-unsaturated/α-hetero) is 1. The topological polar surface area (TPSA) is 92.6 Å². The lowest BCUT2D eigenvalue weighted by atomic mass is 9.98. The van der Waals surface area contributed by atoms with E-state index < -0.39 is 23.5 Å². The highest BCUT2D eigenvalue weighted by Gasteiger charge is 2.49. The fourth-order valence-electron chi connectivity index (χ4n) is 4.08. The number of amides is 1. The molecule has 1 unspecified atom stereocenters.